The van der Waals surface area contributed by atoms with E-state index in [0.29, 0.717) is 6.42 Å². The van der Waals surface area contributed by atoms with Crippen LogP contribution in [0.1, 0.15) is 219 Å². The molecule has 0 saturated carbocycles. The van der Waals surface area contributed by atoms with Gasteiger partial charge >= 0.3 is 11.9 Å². The molecule has 2 N–H and O–H groups in total. The van der Waals surface area contributed by atoms with Crippen LogP contribution in [0, 0.1) is 0 Å². The van der Waals surface area contributed by atoms with E-state index >= 15 is 0 Å². The second-order valence-corrected chi connectivity index (χ2v) is 15.0. The summed E-state index contributed by atoms with van der Waals surface area (Å²) in [5.74, 6) is -0.707. The van der Waals surface area contributed by atoms with E-state index in [4.69, 9.17) is 14.2 Å². The van der Waals surface area contributed by atoms with Crippen molar-refractivity contribution >= 4 is 11.9 Å². The summed E-state index contributed by atoms with van der Waals surface area (Å²) in [6.45, 7) is 4.32. The number of unbranched alkanes of at least 4 members (excludes halogenated alkanes) is 28. The molecule has 1 saturated heterocycles. The minimum atomic E-state index is -1.18. The Balaban J connectivity index is 2.10. The average molecular weight is 697 g/mol. The van der Waals surface area contributed by atoms with Gasteiger partial charge in [0.2, 0.25) is 0 Å². The molecule has 7 nitrogen and oxygen atoms in total. The van der Waals surface area contributed by atoms with E-state index in [1.54, 1.807) is 0 Å². The van der Waals surface area contributed by atoms with Gasteiger partial charge < -0.3 is 24.4 Å². The first-order valence-corrected chi connectivity index (χ1v) is 21.3. The van der Waals surface area contributed by atoms with Gasteiger partial charge in [-0.25, -0.2) is 0 Å². The van der Waals surface area contributed by atoms with E-state index in [1.807, 2.05) is 0 Å². The van der Waals surface area contributed by atoms with Crippen LogP contribution in [-0.2, 0) is 23.8 Å². The summed E-state index contributed by atoms with van der Waals surface area (Å²) in [4.78, 5) is 25.1. The highest BCUT2D eigenvalue weighted by molar-refractivity contribution is 5.70. The van der Waals surface area contributed by atoms with E-state index < -0.39 is 24.4 Å². The van der Waals surface area contributed by atoms with Gasteiger partial charge in [-0.05, 0) is 12.8 Å². The first-order valence-electron chi connectivity index (χ1n) is 21.3. The molecule has 0 spiro atoms. The van der Waals surface area contributed by atoms with Gasteiger partial charge in [-0.3, -0.25) is 9.59 Å². The molecule has 1 heterocycles. The fourth-order valence-electron chi connectivity index (χ4n) is 6.91. The van der Waals surface area contributed by atoms with Crippen LogP contribution < -0.4 is 0 Å². The molecular weight excluding hydrogens is 616 g/mol. The summed E-state index contributed by atoms with van der Waals surface area (Å²) in [6, 6.07) is 0. The van der Waals surface area contributed by atoms with Crippen LogP contribution in [0.3, 0.4) is 0 Å². The highest BCUT2D eigenvalue weighted by atomic mass is 16.6. The standard InChI is InChI=1S/C42H80O7/c1-3-5-7-9-11-13-15-17-19-21-23-25-27-29-31-33-39(44)47-36-38(42-41(46)37(43)35-48-42)49-40(45)34-32-30-28-26-24-22-20-18-16-14-12-10-8-6-4-2/h37-38,41-43,46H,3-36H2,1-2H3/t37-,38+,41+,42+/m0/s1. The molecule has 0 amide bonds. The lowest BCUT2D eigenvalue weighted by molar-refractivity contribution is -0.170. The molecule has 1 aliphatic rings. The number of rotatable bonds is 36. The summed E-state index contributed by atoms with van der Waals surface area (Å²) in [5.41, 5.74) is 0. The molecule has 4 atom stereocenters. The van der Waals surface area contributed by atoms with E-state index in [2.05, 4.69) is 13.8 Å². The monoisotopic (exact) mass is 697 g/mol. The Hall–Kier alpha value is -1.18. The predicted molar refractivity (Wildman–Crippen MR) is 202 cm³/mol. The fourth-order valence-corrected chi connectivity index (χ4v) is 6.91. The zero-order valence-electron chi connectivity index (χ0n) is 32.3. The highest BCUT2D eigenvalue weighted by Crippen LogP contribution is 2.22. The summed E-state index contributed by atoms with van der Waals surface area (Å²) in [7, 11) is 0. The second-order valence-electron chi connectivity index (χ2n) is 15.0. The fraction of sp³-hybridized carbons (Fsp3) is 0.952. The molecule has 7 heteroatoms. The zero-order valence-corrected chi connectivity index (χ0v) is 32.3. The molecule has 0 aliphatic carbocycles. The lowest BCUT2D eigenvalue weighted by atomic mass is 10.0. The van der Waals surface area contributed by atoms with Gasteiger partial charge in [0, 0.05) is 12.8 Å². The van der Waals surface area contributed by atoms with Crippen molar-refractivity contribution in [3.63, 3.8) is 0 Å². The molecule has 0 aromatic carbocycles. The van der Waals surface area contributed by atoms with Crippen LogP contribution in [-0.4, -0.2) is 59.8 Å². The maximum atomic E-state index is 12.6. The largest absolute Gasteiger partial charge is 0.462 e. The Labute approximate surface area is 302 Å². The van der Waals surface area contributed by atoms with Crippen molar-refractivity contribution in [3.8, 4) is 0 Å². The normalized spacial score (nSPS) is 18.2. The Bertz CT molecular complexity index is 745. The first kappa shape index (κ1) is 45.8. The lowest BCUT2D eigenvalue weighted by Crippen LogP contribution is -2.44. The van der Waals surface area contributed by atoms with Crippen molar-refractivity contribution in [1.82, 2.24) is 0 Å². The van der Waals surface area contributed by atoms with Gasteiger partial charge in [0.05, 0.1) is 6.61 Å². The third-order valence-electron chi connectivity index (χ3n) is 10.2. The minimum Gasteiger partial charge on any atom is -0.462 e. The Morgan fingerprint density at radius 3 is 1.18 bits per heavy atom. The molecule has 0 bridgehead atoms. The summed E-state index contributed by atoms with van der Waals surface area (Å²) in [5, 5.41) is 20.3. The van der Waals surface area contributed by atoms with Crippen molar-refractivity contribution in [2.45, 2.75) is 244 Å². The lowest BCUT2D eigenvalue weighted by Gasteiger charge is -2.25. The highest BCUT2D eigenvalue weighted by Gasteiger charge is 2.42. The zero-order chi connectivity index (χ0) is 35.6. The molecule has 1 rings (SSSR count). The molecule has 49 heavy (non-hydrogen) atoms. The second kappa shape index (κ2) is 33.9. The molecule has 1 aliphatic heterocycles. The Morgan fingerprint density at radius 2 is 0.857 bits per heavy atom. The van der Waals surface area contributed by atoms with Crippen molar-refractivity contribution < 1.29 is 34.0 Å². The van der Waals surface area contributed by atoms with E-state index in [9.17, 15) is 19.8 Å². The van der Waals surface area contributed by atoms with E-state index in [1.165, 1.54) is 154 Å². The van der Waals surface area contributed by atoms with Crippen LogP contribution in [0.5, 0.6) is 0 Å². The SMILES string of the molecule is CCCCCCCCCCCCCCCCCC(=O)OC[C@@H](OC(=O)CCCCCCCCCCCCCCCCC)[C@H]1OC[C@H](O)[C@H]1O. The number of aliphatic hydroxyl groups is 2. The number of ether oxygens (including phenoxy) is 3. The quantitative estimate of drug-likeness (QED) is 0.0496. The van der Waals surface area contributed by atoms with Gasteiger partial charge in [0.1, 0.15) is 24.9 Å². The van der Waals surface area contributed by atoms with Gasteiger partial charge in [-0.15, -0.1) is 0 Å². The average Bonchev–Trinajstić information content (AvgIpc) is 3.43. The van der Waals surface area contributed by atoms with Crippen molar-refractivity contribution in [3.05, 3.63) is 0 Å². The molecule has 0 unspecified atom stereocenters. The first-order chi connectivity index (χ1) is 24.0. The molecule has 0 aromatic heterocycles. The van der Waals surface area contributed by atoms with Gasteiger partial charge in [0.25, 0.3) is 0 Å². The summed E-state index contributed by atoms with van der Waals surface area (Å²) < 4.78 is 16.6. The third-order valence-corrected chi connectivity index (χ3v) is 10.2. The van der Waals surface area contributed by atoms with Crippen LogP contribution in [0.15, 0.2) is 0 Å². The van der Waals surface area contributed by atoms with Crippen molar-refractivity contribution in [2.75, 3.05) is 13.2 Å². The molecule has 1 fully saturated rings. The maximum Gasteiger partial charge on any atom is 0.306 e. The van der Waals surface area contributed by atoms with E-state index in [-0.39, 0.29) is 31.6 Å². The third kappa shape index (κ3) is 27.2. The summed E-state index contributed by atoms with van der Waals surface area (Å²) in [6.07, 6.45) is 34.5. The Morgan fingerprint density at radius 1 is 0.531 bits per heavy atom. The molecular formula is C42H80O7. The van der Waals surface area contributed by atoms with Crippen LogP contribution >= 0.6 is 0 Å². The molecule has 0 aromatic rings. The summed E-state index contributed by atoms with van der Waals surface area (Å²) >= 11 is 0. The van der Waals surface area contributed by atoms with Gasteiger partial charge in [0.15, 0.2) is 6.10 Å². The van der Waals surface area contributed by atoms with Crippen molar-refractivity contribution in [2.24, 2.45) is 0 Å². The van der Waals surface area contributed by atoms with E-state index in [0.717, 1.165) is 38.5 Å². The smallest absolute Gasteiger partial charge is 0.306 e. The van der Waals surface area contributed by atoms with Gasteiger partial charge in [-0.1, -0.05) is 194 Å². The van der Waals surface area contributed by atoms with Crippen molar-refractivity contribution in [1.29, 1.82) is 0 Å². The Kier molecular flexibility index (Phi) is 31.7. The van der Waals surface area contributed by atoms with Crippen LogP contribution in [0.25, 0.3) is 0 Å². The topological polar surface area (TPSA) is 102 Å². The maximum absolute atomic E-state index is 12.6. The minimum absolute atomic E-state index is 0.0357. The number of carbonyl (C=O) groups excluding carboxylic acids is 2. The molecule has 290 valence electrons. The number of aliphatic hydroxyl groups excluding tert-OH is 2. The van der Waals surface area contributed by atoms with Crippen LogP contribution in [0.4, 0.5) is 0 Å². The number of esters is 2. The van der Waals surface area contributed by atoms with Gasteiger partial charge in [-0.2, -0.15) is 0 Å². The number of hydrogen-bond acceptors (Lipinski definition) is 7. The molecule has 0 radical (unpaired) electrons. The predicted octanol–water partition coefficient (Wildman–Crippen LogP) is 11.1. The number of carbonyl (C=O) groups is 2. The number of hydrogen-bond donors (Lipinski definition) is 2. The van der Waals surface area contributed by atoms with Crippen LogP contribution in [0.2, 0.25) is 0 Å².